The second-order valence-electron chi connectivity index (χ2n) is 7.32. The number of amides is 1. The van der Waals surface area contributed by atoms with E-state index in [9.17, 15) is 19.1 Å². The molecule has 1 amide bonds. The van der Waals surface area contributed by atoms with Crippen LogP contribution >= 0.6 is 11.6 Å². The average molecular weight is 431 g/mol. The predicted molar refractivity (Wildman–Crippen MR) is 110 cm³/mol. The zero-order valence-corrected chi connectivity index (χ0v) is 16.8. The molecule has 1 unspecified atom stereocenters. The molecule has 0 spiro atoms. The first-order valence-corrected chi connectivity index (χ1v) is 9.97. The van der Waals surface area contributed by atoms with Gasteiger partial charge in [0.05, 0.1) is 0 Å². The van der Waals surface area contributed by atoms with Gasteiger partial charge >= 0.3 is 5.97 Å². The highest BCUT2D eigenvalue weighted by Crippen LogP contribution is 2.33. The fourth-order valence-electron chi connectivity index (χ4n) is 4.04. The van der Waals surface area contributed by atoms with E-state index >= 15 is 0 Å². The second-order valence-corrected chi connectivity index (χ2v) is 7.76. The van der Waals surface area contributed by atoms with Gasteiger partial charge in [-0.05, 0) is 61.2 Å². The van der Waals surface area contributed by atoms with E-state index in [-0.39, 0.29) is 30.9 Å². The molecule has 0 aliphatic heterocycles. The van der Waals surface area contributed by atoms with Crippen LogP contribution in [0.25, 0.3) is 10.9 Å². The molecule has 1 aliphatic rings. The number of nitrogens with zero attached hydrogens (tertiary/aromatic N) is 1. The number of benzene rings is 2. The van der Waals surface area contributed by atoms with E-state index in [4.69, 9.17) is 16.3 Å². The number of fused-ring (bicyclic) bond motifs is 3. The zero-order chi connectivity index (χ0) is 21.3. The molecule has 0 bridgehead atoms. The summed E-state index contributed by atoms with van der Waals surface area (Å²) < 4.78 is 21.1. The van der Waals surface area contributed by atoms with Crippen molar-refractivity contribution in [3.8, 4) is 5.75 Å². The minimum atomic E-state index is -0.951. The van der Waals surface area contributed by atoms with Crippen molar-refractivity contribution in [2.45, 2.75) is 31.8 Å². The average Bonchev–Trinajstić information content (AvgIpc) is 2.98. The number of aromatic nitrogens is 1. The number of ether oxygens (including phenoxy) is 1. The van der Waals surface area contributed by atoms with Crippen molar-refractivity contribution in [1.82, 2.24) is 9.88 Å². The Morgan fingerprint density at radius 3 is 2.87 bits per heavy atom. The summed E-state index contributed by atoms with van der Waals surface area (Å²) in [6, 6.07) is 11.0. The van der Waals surface area contributed by atoms with Crippen molar-refractivity contribution >= 4 is 34.4 Å². The number of hydrogen-bond donors (Lipinski definition) is 2. The van der Waals surface area contributed by atoms with Crippen LogP contribution < -0.4 is 10.1 Å². The van der Waals surface area contributed by atoms with E-state index in [0.717, 1.165) is 11.3 Å². The third-order valence-electron chi connectivity index (χ3n) is 5.25. The van der Waals surface area contributed by atoms with Crippen LogP contribution in [0.4, 0.5) is 4.39 Å². The van der Waals surface area contributed by atoms with Gasteiger partial charge in [-0.1, -0.05) is 17.7 Å². The van der Waals surface area contributed by atoms with E-state index in [1.54, 1.807) is 34.9 Å². The molecule has 2 N–H and O–H groups in total. The molecule has 156 valence electrons. The number of aliphatic carboxylic acids is 1. The van der Waals surface area contributed by atoms with Gasteiger partial charge in [0.1, 0.15) is 18.1 Å². The summed E-state index contributed by atoms with van der Waals surface area (Å²) in [7, 11) is 0. The third-order valence-corrected chi connectivity index (χ3v) is 5.49. The molecular formula is C22H20ClFN2O4. The van der Waals surface area contributed by atoms with Gasteiger partial charge in [0.2, 0.25) is 0 Å². The molecule has 3 aromatic rings. The lowest BCUT2D eigenvalue weighted by atomic mass is 9.91. The minimum absolute atomic E-state index is 0.139. The molecule has 0 saturated heterocycles. The van der Waals surface area contributed by atoms with Gasteiger partial charge in [0, 0.05) is 27.7 Å². The maximum absolute atomic E-state index is 13.9. The Kier molecular flexibility index (Phi) is 5.63. The van der Waals surface area contributed by atoms with Crippen molar-refractivity contribution < 1.29 is 23.8 Å². The van der Waals surface area contributed by atoms with Crippen LogP contribution in [0.3, 0.4) is 0 Å². The quantitative estimate of drug-likeness (QED) is 0.626. The maximum Gasteiger partial charge on any atom is 0.323 e. The topological polar surface area (TPSA) is 80.6 Å². The molecule has 6 nitrogen and oxygen atoms in total. The third kappa shape index (κ3) is 4.26. The molecule has 30 heavy (non-hydrogen) atoms. The van der Waals surface area contributed by atoms with Crippen molar-refractivity contribution in [2.75, 3.05) is 6.61 Å². The SMILES string of the molecule is O=C(O)Cn1c2c(c3cc(F)ccc31)CC(NC(=O)COc1cccc(Cl)c1)CC2. The summed E-state index contributed by atoms with van der Waals surface area (Å²) in [5.41, 5.74) is 2.47. The first-order chi connectivity index (χ1) is 14.4. The summed E-state index contributed by atoms with van der Waals surface area (Å²) >= 11 is 5.91. The Labute approximate surface area is 177 Å². The van der Waals surface area contributed by atoms with E-state index in [2.05, 4.69) is 5.32 Å². The van der Waals surface area contributed by atoms with E-state index < -0.39 is 5.97 Å². The zero-order valence-electron chi connectivity index (χ0n) is 16.0. The van der Waals surface area contributed by atoms with Crippen molar-refractivity contribution in [3.05, 3.63) is 64.6 Å². The van der Waals surface area contributed by atoms with Gasteiger partial charge in [-0.2, -0.15) is 0 Å². The number of rotatable bonds is 6. The van der Waals surface area contributed by atoms with Crippen LogP contribution in [-0.2, 0) is 29.0 Å². The number of halogens is 2. The van der Waals surface area contributed by atoms with Crippen LogP contribution in [0, 0.1) is 5.82 Å². The number of carboxylic acids is 1. The Bertz CT molecular complexity index is 1130. The van der Waals surface area contributed by atoms with E-state index in [0.29, 0.717) is 40.9 Å². The van der Waals surface area contributed by atoms with E-state index in [1.165, 1.54) is 12.1 Å². The molecule has 4 rings (SSSR count). The summed E-state index contributed by atoms with van der Waals surface area (Å²) in [5, 5.41) is 13.4. The summed E-state index contributed by atoms with van der Waals surface area (Å²) in [6.07, 6.45) is 1.76. The fourth-order valence-corrected chi connectivity index (χ4v) is 4.22. The Morgan fingerprint density at radius 2 is 2.10 bits per heavy atom. The Hall–Kier alpha value is -3.06. The molecule has 0 fully saturated rings. The molecular weight excluding hydrogens is 411 g/mol. The van der Waals surface area contributed by atoms with Crippen LogP contribution in [-0.4, -0.2) is 34.2 Å². The highest BCUT2D eigenvalue weighted by atomic mass is 35.5. The first kappa shape index (κ1) is 20.2. The maximum atomic E-state index is 13.9. The Morgan fingerprint density at radius 1 is 1.27 bits per heavy atom. The number of hydrogen-bond acceptors (Lipinski definition) is 3. The van der Waals surface area contributed by atoms with Gasteiger partial charge in [-0.3, -0.25) is 9.59 Å². The van der Waals surface area contributed by atoms with Crippen LogP contribution in [0.15, 0.2) is 42.5 Å². The number of carbonyl (C=O) groups is 2. The monoisotopic (exact) mass is 430 g/mol. The molecule has 2 aromatic carbocycles. The summed E-state index contributed by atoms with van der Waals surface area (Å²) in [5.74, 6) is -1.08. The molecule has 8 heteroatoms. The summed E-state index contributed by atoms with van der Waals surface area (Å²) in [4.78, 5) is 23.6. The predicted octanol–water partition coefficient (Wildman–Crippen LogP) is 3.57. The highest BCUT2D eigenvalue weighted by molar-refractivity contribution is 6.30. The lowest BCUT2D eigenvalue weighted by Crippen LogP contribution is -2.41. The Balaban J connectivity index is 1.49. The lowest BCUT2D eigenvalue weighted by molar-refractivity contribution is -0.137. The molecule has 0 radical (unpaired) electrons. The molecule has 1 heterocycles. The number of carbonyl (C=O) groups excluding carboxylic acids is 1. The molecule has 1 aliphatic carbocycles. The van der Waals surface area contributed by atoms with Gasteiger partial charge in [-0.15, -0.1) is 0 Å². The number of nitrogens with one attached hydrogen (secondary N) is 1. The molecule has 0 saturated carbocycles. The fraction of sp³-hybridized carbons (Fsp3) is 0.273. The van der Waals surface area contributed by atoms with E-state index in [1.807, 2.05) is 0 Å². The molecule has 1 aromatic heterocycles. The smallest absolute Gasteiger partial charge is 0.323 e. The largest absolute Gasteiger partial charge is 0.484 e. The number of carboxylic acid groups (broad SMARTS) is 1. The lowest BCUT2D eigenvalue weighted by Gasteiger charge is -2.25. The van der Waals surface area contributed by atoms with Crippen molar-refractivity contribution in [1.29, 1.82) is 0 Å². The second kappa shape index (κ2) is 8.36. The minimum Gasteiger partial charge on any atom is -0.484 e. The van der Waals surface area contributed by atoms with Gasteiger partial charge in [0.15, 0.2) is 6.61 Å². The normalized spacial score (nSPS) is 15.6. The van der Waals surface area contributed by atoms with Gasteiger partial charge < -0.3 is 19.7 Å². The van der Waals surface area contributed by atoms with Crippen molar-refractivity contribution in [3.63, 3.8) is 0 Å². The van der Waals surface area contributed by atoms with Crippen molar-refractivity contribution in [2.24, 2.45) is 0 Å². The van der Waals surface area contributed by atoms with Crippen LogP contribution in [0.5, 0.6) is 5.75 Å². The van der Waals surface area contributed by atoms with Gasteiger partial charge in [0.25, 0.3) is 5.91 Å². The first-order valence-electron chi connectivity index (χ1n) is 9.59. The standard InChI is InChI=1S/C22H20ClFN2O4/c23-13-2-1-3-16(8-13)30-12-21(27)25-15-5-7-20-18(10-15)17-9-14(24)4-6-19(17)26(20)11-22(28)29/h1-4,6,8-9,15H,5,7,10-12H2,(H,25,27)(H,28,29). The van der Waals surface area contributed by atoms with Crippen LogP contribution in [0.2, 0.25) is 5.02 Å². The summed E-state index contributed by atoms with van der Waals surface area (Å²) in [6.45, 7) is -0.318. The van der Waals surface area contributed by atoms with Crippen LogP contribution in [0.1, 0.15) is 17.7 Å². The highest BCUT2D eigenvalue weighted by Gasteiger charge is 2.27. The van der Waals surface area contributed by atoms with Gasteiger partial charge in [-0.25, -0.2) is 4.39 Å². The molecule has 1 atom stereocenters.